The van der Waals surface area contributed by atoms with Crippen LogP contribution in [-0.4, -0.2) is 71.1 Å². The van der Waals surface area contributed by atoms with Gasteiger partial charge in [0.2, 0.25) is 0 Å². The highest BCUT2D eigenvalue weighted by Gasteiger charge is 2.28. The molecule has 0 unspecified atom stereocenters. The summed E-state index contributed by atoms with van der Waals surface area (Å²) in [5, 5.41) is 0. The fraction of sp³-hybridized carbons (Fsp3) is 0.789. The highest BCUT2D eigenvalue weighted by atomic mass is 15.3. The summed E-state index contributed by atoms with van der Waals surface area (Å²) in [7, 11) is 0. The van der Waals surface area contributed by atoms with Crippen LogP contribution in [0.25, 0.3) is 0 Å². The minimum atomic E-state index is 0.396. The first-order valence-electron chi connectivity index (χ1n) is 9.59. The van der Waals surface area contributed by atoms with Gasteiger partial charge in [-0.05, 0) is 39.8 Å². The van der Waals surface area contributed by atoms with Crippen LogP contribution in [0.3, 0.4) is 0 Å². The Balaban J connectivity index is 1.49. The van der Waals surface area contributed by atoms with Crippen molar-refractivity contribution in [2.24, 2.45) is 0 Å². The van der Waals surface area contributed by atoms with E-state index in [1.165, 1.54) is 31.6 Å². The van der Waals surface area contributed by atoms with Crippen molar-refractivity contribution in [2.45, 2.75) is 58.5 Å². The van der Waals surface area contributed by atoms with Crippen molar-refractivity contribution >= 4 is 5.69 Å². The number of hydrogen-bond acceptors (Lipinski definition) is 5. The van der Waals surface area contributed by atoms with Crippen LogP contribution in [0.2, 0.25) is 0 Å². The van der Waals surface area contributed by atoms with Gasteiger partial charge in [-0.15, -0.1) is 0 Å². The van der Waals surface area contributed by atoms with Crippen molar-refractivity contribution in [3.8, 4) is 0 Å². The van der Waals surface area contributed by atoms with Crippen LogP contribution in [0.1, 0.15) is 52.3 Å². The summed E-state index contributed by atoms with van der Waals surface area (Å²) in [6, 6.07) is 1.47. The minimum absolute atomic E-state index is 0.396. The zero-order valence-corrected chi connectivity index (χ0v) is 15.8. The predicted molar refractivity (Wildman–Crippen MR) is 99.6 cm³/mol. The molecule has 0 radical (unpaired) electrons. The van der Waals surface area contributed by atoms with E-state index in [9.17, 15) is 0 Å². The minimum Gasteiger partial charge on any atom is -0.366 e. The molecule has 0 saturated carbocycles. The molecule has 2 aliphatic heterocycles. The molecule has 3 rings (SSSR count). The first-order chi connectivity index (χ1) is 11.5. The Morgan fingerprint density at radius 1 is 0.875 bits per heavy atom. The van der Waals surface area contributed by atoms with Crippen molar-refractivity contribution in [2.75, 3.05) is 44.2 Å². The Labute approximate surface area is 147 Å². The molecule has 5 heteroatoms. The van der Waals surface area contributed by atoms with Gasteiger partial charge in [-0.1, -0.05) is 13.8 Å². The lowest BCUT2D eigenvalue weighted by Gasteiger charge is -2.44. The van der Waals surface area contributed by atoms with E-state index in [0.717, 1.165) is 38.0 Å². The van der Waals surface area contributed by atoms with Gasteiger partial charge in [-0.2, -0.15) is 0 Å². The SMILES string of the molecule is CC(C)c1ncc(N2CCN(C3CCN(C(C)C)CC3)CC2)cn1. The Kier molecular flexibility index (Phi) is 5.72. The quantitative estimate of drug-likeness (QED) is 0.847. The first-order valence-corrected chi connectivity index (χ1v) is 9.59. The highest BCUT2D eigenvalue weighted by Crippen LogP contribution is 2.22. The molecule has 0 spiro atoms. The van der Waals surface area contributed by atoms with Gasteiger partial charge < -0.3 is 9.80 Å². The van der Waals surface area contributed by atoms with Crippen molar-refractivity contribution in [3.05, 3.63) is 18.2 Å². The fourth-order valence-electron chi connectivity index (χ4n) is 3.91. The molecule has 0 aliphatic carbocycles. The van der Waals surface area contributed by atoms with Crippen molar-refractivity contribution in [1.29, 1.82) is 0 Å². The van der Waals surface area contributed by atoms with Crippen LogP contribution in [0.4, 0.5) is 5.69 Å². The highest BCUT2D eigenvalue weighted by molar-refractivity contribution is 5.42. The zero-order chi connectivity index (χ0) is 17.1. The lowest BCUT2D eigenvalue weighted by molar-refractivity contribution is 0.0883. The molecule has 5 nitrogen and oxygen atoms in total. The Morgan fingerprint density at radius 3 is 1.96 bits per heavy atom. The summed E-state index contributed by atoms with van der Waals surface area (Å²) in [5.74, 6) is 1.34. The Morgan fingerprint density at radius 2 is 1.46 bits per heavy atom. The molecule has 0 amide bonds. The molecule has 0 bridgehead atoms. The van der Waals surface area contributed by atoms with Gasteiger partial charge in [0.25, 0.3) is 0 Å². The number of rotatable bonds is 4. The van der Waals surface area contributed by atoms with E-state index in [-0.39, 0.29) is 0 Å². The topological polar surface area (TPSA) is 35.5 Å². The average molecular weight is 332 g/mol. The van der Waals surface area contributed by atoms with Gasteiger partial charge in [-0.3, -0.25) is 4.90 Å². The molecular weight excluding hydrogens is 298 g/mol. The third-order valence-corrected chi connectivity index (χ3v) is 5.60. The van der Waals surface area contributed by atoms with Gasteiger partial charge in [-0.25, -0.2) is 9.97 Å². The van der Waals surface area contributed by atoms with E-state index in [1.54, 1.807) is 0 Å². The second-order valence-electron chi connectivity index (χ2n) is 7.84. The summed E-state index contributed by atoms with van der Waals surface area (Å²) in [6.07, 6.45) is 6.65. The van der Waals surface area contributed by atoms with E-state index < -0.39 is 0 Å². The standard InChI is InChI=1S/C19H33N5/c1-15(2)19-20-13-18(14-21-19)24-11-9-23(10-12-24)17-5-7-22(8-6-17)16(3)4/h13-17H,5-12H2,1-4H3. The van der Waals surface area contributed by atoms with E-state index in [1.807, 2.05) is 12.4 Å². The molecule has 0 atom stereocenters. The second kappa shape index (κ2) is 7.79. The molecule has 24 heavy (non-hydrogen) atoms. The summed E-state index contributed by atoms with van der Waals surface area (Å²) < 4.78 is 0. The molecule has 2 saturated heterocycles. The number of likely N-dealkylation sites (tertiary alicyclic amines) is 1. The van der Waals surface area contributed by atoms with Crippen LogP contribution in [0, 0.1) is 0 Å². The van der Waals surface area contributed by atoms with Crippen molar-refractivity contribution in [3.63, 3.8) is 0 Å². The van der Waals surface area contributed by atoms with Crippen LogP contribution >= 0.6 is 0 Å². The van der Waals surface area contributed by atoms with E-state index in [2.05, 4.69) is 52.4 Å². The van der Waals surface area contributed by atoms with E-state index in [4.69, 9.17) is 0 Å². The third-order valence-electron chi connectivity index (χ3n) is 5.60. The van der Waals surface area contributed by atoms with Gasteiger partial charge in [0, 0.05) is 44.2 Å². The van der Waals surface area contributed by atoms with E-state index in [0.29, 0.717) is 12.0 Å². The largest absolute Gasteiger partial charge is 0.366 e. The number of aromatic nitrogens is 2. The Bertz CT molecular complexity index is 497. The second-order valence-corrected chi connectivity index (χ2v) is 7.84. The maximum Gasteiger partial charge on any atom is 0.130 e. The number of nitrogens with zero attached hydrogens (tertiary/aromatic N) is 5. The summed E-state index contributed by atoms with van der Waals surface area (Å²) in [6.45, 7) is 15.9. The lowest BCUT2D eigenvalue weighted by atomic mass is 10.0. The molecule has 0 aromatic carbocycles. The molecule has 0 N–H and O–H groups in total. The predicted octanol–water partition coefficient (Wildman–Crippen LogP) is 2.59. The van der Waals surface area contributed by atoms with Gasteiger partial charge in [0.1, 0.15) is 5.82 Å². The molecular formula is C19H33N5. The van der Waals surface area contributed by atoms with Crippen molar-refractivity contribution in [1.82, 2.24) is 19.8 Å². The number of anilines is 1. The van der Waals surface area contributed by atoms with Crippen molar-refractivity contribution < 1.29 is 0 Å². The number of hydrogen-bond donors (Lipinski definition) is 0. The van der Waals surface area contributed by atoms with Crippen LogP contribution < -0.4 is 4.90 Å². The van der Waals surface area contributed by atoms with E-state index >= 15 is 0 Å². The molecule has 2 fully saturated rings. The van der Waals surface area contributed by atoms with Crippen LogP contribution in [-0.2, 0) is 0 Å². The number of piperidine rings is 1. The van der Waals surface area contributed by atoms with Crippen LogP contribution in [0.5, 0.6) is 0 Å². The maximum atomic E-state index is 4.52. The monoisotopic (exact) mass is 331 g/mol. The summed E-state index contributed by atoms with van der Waals surface area (Å²) >= 11 is 0. The molecule has 2 aliphatic rings. The normalized spacial score (nSPS) is 21.8. The number of piperazine rings is 1. The summed E-state index contributed by atoms with van der Waals surface area (Å²) in [4.78, 5) is 16.8. The smallest absolute Gasteiger partial charge is 0.130 e. The molecule has 3 heterocycles. The Hall–Kier alpha value is -1.20. The van der Waals surface area contributed by atoms with Gasteiger partial charge >= 0.3 is 0 Å². The summed E-state index contributed by atoms with van der Waals surface area (Å²) in [5.41, 5.74) is 1.17. The van der Waals surface area contributed by atoms with Gasteiger partial charge in [0.15, 0.2) is 0 Å². The zero-order valence-electron chi connectivity index (χ0n) is 15.8. The lowest BCUT2D eigenvalue weighted by Crippen LogP contribution is -2.53. The van der Waals surface area contributed by atoms with Crippen LogP contribution in [0.15, 0.2) is 12.4 Å². The molecule has 1 aromatic rings. The molecule has 134 valence electrons. The average Bonchev–Trinajstić information content (AvgIpc) is 2.62. The fourth-order valence-corrected chi connectivity index (χ4v) is 3.91. The first kappa shape index (κ1) is 17.6. The third kappa shape index (κ3) is 4.06. The maximum absolute atomic E-state index is 4.52. The van der Waals surface area contributed by atoms with Gasteiger partial charge in [0.05, 0.1) is 18.1 Å². The molecule has 1 aromatic heterocycles.